The number of nitrogens with zero attached hydrogens (tertiary/aromatic N) is 2. The van der Waals surface area contributed by atoms with Crippen LogP contribution in [0.25, 0.3) is 10.7 Å². The average molecular weight is 414 g/mol. The van der Waals surface area contributed by atoms with Crippen molar-refractivity contribution in [3.05, 3.63) is 65.6 Å². The van der Waals surface area contributed by atoms with Gasteiger partial charge in [-0.25, -0.2) is 9.37 Å². The largest absolute Gasteiger partial charge is 0.488 e. The van der Waals surface area contributed by atoms with Gasteiger partial charge >= 0.3 is 0 Å². The number of hydrogen-bond acceptors (Lipinski definition) is 5. The maximum atomic E-state index is 13.8. The molecule has 0 aliphatic heterocycles. The molecule has 0 fully saturated rings. The van der Waals surface area contributed by atoms with E-state index in [0.717, 1.165) is 10.7 Å². The van der Waals surface area contributed by atoms with Gasteiger partial charge in [-0.05, 0) is 29.7 Å². The predicted octanol–water partition coefficient (Wildman–Crippen LogP) is 4.50. The van der Waals surface area contributed by atoms with E-state index < -0.39 is 5.82 Å². The second kappa shape index (κ2) is 9.13. The number of hydrogen-bond donors (Lipinski definition) is 1. The zero-order chi connectivity index (χ0) is 20.9. The van der Waals surface area contributed by atoms with Gasteiger partial charge in [0.25, 0.3) is 0 Å². The quantitative estimate of drug-likeness (QED) is 0.620. The number of aromatic nitrogens is 2. The summed E-state index contributed by atoms with van der Waals surface area (Å²) in [5, 5.41) is 5.65. The van der Waals surface area contributed by atoms with Crippen LogP contribution in [0.1, 0.15) is 26.5 Å². The minimum Gasteiger partial charge on any atom is -0.488 e. The Morgan fingerprint density at radius 3 is 2.66 bits per heavy atom. The number of nitrogens with one attached hydrogen (secondary N) is 1. The minimum absolute atomic E-state index is 0.153. The van der Waals surface area contributed by atoms with Gasteiger partial charge in [0.1, 0.15) is 11.6 Å². The number of ether oxygens (including phenoxy) is 1. The number of benzene rings is 1. The molecule has 0 aliphatic carbocycles. The summed E-state index contributed by atoms with van der Waals surface area (Å²) in [6.07, 6.45) is 1.88. The molecule has 0 bridgehead atoms. The third kappa shape index (κ3) is 5.84. The summed E-state index contributed by atoms with van der Waals surface area (Å²) in [7, 11) is 0. The van der Waals surface area contributed by atoms with Crippen LogP contribution in [0.15, 0.2) is 54.0 Å². The van der Waals surface area contributed by atoms with Crippen molar-refractivity contribution in [1.29, 1.82) is 0 Å². The third-order valence-electron chi connectivity index (χ3n) is 4.40. The highest BCUT2D eigenvalue weighted by molar-refractivity contribution is 7.13. The van der Waals surface area contributed by atoms with Gasteiger partial charge in [0.15, 0.2) is 11.6 Å². The van der Waals surface area contributed by atoms with Crippen molar-refractivity contribution >= 4 is 17.2 Å². The lowest BCUT2D eigenvalue weighted by Gasteiger charge is -2.31. The molecule has 0 radical (unpaired) electrons. The molecule has 0 spiro atoms. The number of thiazole rings is 1. The first-order chi connectivity index (χ1) is 13.8. The van der Waals surface area contributed by atoms with Crippen molar-refractivity contribution in [2.24, 2.45) is 5.41 Å². The number of halogens is 1. The van der Waals surface area contributed by atoms with Gasteiger partial charge in [-0.2, -0.15) is 0 Å². The molecule has 0 aliphatic rings. The molecular formula is C22H24FN3O2S. The highest BCUT2D eigenvalue weighted by atomic mass is 32.1. The van der Waals surface area contributed by atoms with E-state index in [2.05, 4.69) is 15.3 Å². The second-order valence-corrected chi connectivity index (χ2v) is 8.62. The van der Waals surface area contributed by atoms with Gasteiger partial charge in [0.2, 0.25) is 5.91 Å². The van der Waals surface area contributed by atoms with Gasteiger partial charge in [0, 0.05) is 11.6 Å². The molecule has 1 aromatic carbocycles. The van der Waals surface area contributed by atoms with E-state index in [-0.39, 0.29) is 36.1 Å². The third-order valence-corrected chi connectivity index (χ3v) is 5.31. The first kappa shape index (κ1) is 20.9. The molecule has 3 rings (SSSR count). The fraction of sp³-hybridized carbons (Fsp3) is 0.318. The number of amides is 1. The molecular weight excluding hydrogens is 389 g/mol. The Morgan fingerprint density at radius 2 is 1.97 bits per heavy atom. The molecule has 1 atom stereocenters. The van der Waals surface area contributed by atoms with Crippen LogP contribution in [-0.2, 0) is 11.2 Å². The summed E-state index contributed by atoms with van der Waals surface area (Å²) in [6.45, 7) is 6.19. The van der Waals surface area contributed by atoms with Crippen molar-refractivity contribution in [3.8, 4) is 16.5 Å². The Labute approximate surface area is 174 Å². The number of carbonyl (C=O) groups excluding carboxylic acids is 1. The van der Waals surface area contributed by atoms with Gasteiger partial charge in [-0.15, -0.1) is 11.3 Å². The van der Waals surface area contributed by atoms with Crippen LogP contribution in [0.5, 0.6) is 5.75 Å². The highest BCUT2D eigenvalue weighted by Crippen LogP contribution is 2.24. The van der Waals surface area contributed by atoms with Crippen LogP contribution in [0, 0.1) is 11.2 Å². The number of pyridine rings is 1. The lowest BCUT2D eigenvalue weighted by atomic mass is 9.87. The first-order valence-corrected chi connectivity index (χ1v) is 10.2. The Morgan fingerprint density at radius 1 is 1.21 bits per heavy atom. The SMILES string of the molecule is CC(C)(C)C(COc1ccccc1F)NC(=O)Cc1csc(-c2ccccn2)n1. The van der Waals surface area contributed by atoms with Crippen molar-refractivity contribution in [1.82, 2.24) is 15.3 Å². The van der Waals surface area contributed by atoms with Crippen LogP contribution in [0.3, 0.4) is 0 Å². The Kier molecular flexibility index (Phi) is 6.59. The van der Waals surface area contributed by atoms with Crippen molar-refractivity contribution in [3.63, 3.8) is 0 Å². The van der Waals surface area contributed by atoms with E-state index in [1.807, 2.05) is 44.4 Å². The lowest BCUT2D eigenvalue weighted by Crippen LogP contribution is -2.48. The zero-order valence-corrected chi connectivity index (χ0v) is 17.5. The summed E-state index contributed by atoms with van der Waals surface area (Å²) in [5.41, 5.74) is 1.22. The Balaban J connectivity index is 1.62. The molecule has 1 unspecified atom stereocenters. The van der Waals surface area contributed by atoms with Gasteiger partial charge in [0.05, 0.1) is 23.9 Å². The van der Waals surface area contributed by atoms with Crippen molar-refractivity contribution in [2.75, 3.05) is 6.61 Å². The standard InChI is InChI=1S/C22H24FN3O2S/c1-22(2,3)19(13-28-18-10-5-4-8-16(18)23)26-20(27)12-15-14-29-21(25-15)17-9-6-7-11-24-17/h4-11,14,19H,12-13H2,1-3H3,(H,26,27). The molecule has 2 heterocycles. The zero-order valence-electron chi connectivity index (χ0n) is 16.7. The van der Waals surface area contributed by atoms with Crippen molar-refractivity contribution in [2.45, 2.75) is 33.2 Å². The summed E-state index contributed by atoms with van der Waals surface area (Å²) in [4.78, 5) is 21.4. The van der Waals surface area contributed by atoms with E-state index >= 15 is 0 Å². The van der Waals surface area contributed by atoms with Crippen LogP contribution in [0.2, 0.25) is 0 Å². The van der Waals surface area contributed by atoms with Gasteiger partial charge < -0.3 is 10.1 Å². The van der Waals surface area contributed by atoms with Crippen LogP contribution in [-0.4, -0.2) is 28.5 Å². The minimum atomic E-state index is -0.420. The molecule has 3 aromatic rings. The van der Waals surface area contributed by atoms with E-state index in [9.17, 15) is 9.18 Å². The lowest BCUT2D eigenvalue weighted by molar-refractivity contribution is -0.122. The summed E-state index contributed by atoms with van der Waals surface area (Å²) >= 11 is 1.46. The Bertz CT molecular complexity index is 954. The fourth-order valence-corrected chi connectivity index (χ4v) is 3.44. The second-order valence-electron chi connectivity index (χ2n) is 7.76. The molecule has 2 aromatic heterocycles. The molecule has 5 nitrogen and oxygen atoms in total. The molecule has 1 amide bonds. The van der Waals surface area contributed by atoms with Crippen molar-refractivity contribution < 1.29 is 13.9 Å². The summed E-state index contributed by atoms with van der Waals surface area (Å²) in [5.74, 6) is -0.397. The average Bonchev–Trinajstić information content (AvgIpc) is 3.14. The molecule has 29 heavy (non-hydrogen) atoms. The van der Waals surface area contributed by atoms with E-state index in [1.54, 1.807) is 24.4 Å². The first-order valence-electron chi connectivity index (χ1n) is 9.35. The molecule has 0 saturated heterocycles. The Hall–Kier alpha value is -2.80. The smallest absolute Gasteiger partial charge is 0.226 e. The summed E-state index contributed by atoms with van der Waals surface area (Å²) in [6, 6.07) is 11.6. The normalized spacial score (nSPS) is 12.4. The molecule has 1 N–H and O–H groups in total. The molecule has 0 saturated carbocycles. The van der Waals surface area contributed by atoms with Crippen LogP contribution >= 0.6 is 11.3 Å². The highest BCUT2D eigenvalue weighted by Gasteiger charge is 2.27. The van der Waals surface area contributed by atoms with E-state index in [0.29, 0.717) is 5.69 Å². The number of carbonyl (C=O) groups is 1. The summed E-state index contributed by atoms with van der Waals surface area (Å²) < 4.78 is 19.4. The van der Waals surface area contributed by atoms with Crippen LogP contribution in [0.4, 0.5) is 4.39 Å². The van der Waals surface area contributed by atoms with Gasteiger partial charge in [-0.1, -0.05) is 39.0 Å². The molecule has 7 heteroatoms. The van der Waals surface area contributed by atoms with E-state index in [1.165, 1.54) is 17.4 Å². The van der Waals surface area contributed by atoms with Gasteiger partial charge in [-0.3, -0.25) is 9.78 Å². The maximum Gasteiger partial charge on any atom is 0.226 e. The predicted molar refractivity (Wildman–Crippen MR) is 112 cm³/mol. The maximum absolute atomic E-state index is 13.8. The monoisotopic (exact) mass is 413 g/mol. The topological polar surface area (TPSA) is 64.1 Å². The number of para-hydroxylation sites is 1. The van der Waals surface area contributed by atoms with E-state index in [4.69, 9.17) is 4.74 Å². The molecule has 152 valence electrons. The van der Waals surface area contributed by atoms with Crippen LogP contribution < -0.4 is 10.1 Å². The number of rotatable bonds is 7. The fourth-order valence-electron chi connectivity index (χ4n) is 2.65.